The van der Waals surface area contributed by atoms with Gasteiger partial charge in [0.15, 0.2) is 0 Å². The van der Waals surface area contributed by atoms with Crippen LogP contribution in [0.15, 0.2) is 102 Å². The van der Waals surface area contributed by atoms with Gasteiger partial charge in [0.25, 0.3) is 5.91 Å². The number of benzene rings is 4. The number of nitrogens with zero attached hydrogens (tertiary/aromatic N) is 1. The van der Waals surface area contributed by atoms with Crippen molar-refractivity contribution in [3.63, 3.8) is 0 Å². The van der Waals surface area contributed by atoms with E-state index in [0.717, 1.165) is 32.3 Å². The Morgan fingerprint density at radius 3 is 2.09 bits per heavy atom. The van der Waals surface area contributed by atoms with Crippen molar-refractivity contribution in [2.24, 2.45) is 5.73 Å². The molecule has 0 atom stereocenters. The minimum Gasteiger partial charge on any atom is -0.420 e. The number of halogens is 4. The summed E-state index contributed by atoms with van der Waals surface area (Å²) in [5.41, 5.74) is 10.2. The third-order valence-electron chi connectivity index (χ3n) is 6.90. The molecule has 7 nitrogen and oxygen atoms in total. The number of nitrogens with two attached hydrogens (primary N) is 1. The molecule has 0 heterocycles. The number of alkyl halides is 3. The number of carbonyl (C=O) groups excluding carboxylic acids is 3. The molecule has 234 valence electrons. The zero-order chi connectivity index (χ0) is 32.4. The van der Waals surface area contributed by atoms with E-state index in [9.17, 15) is 27.6 Å². The van der Waals surface area contributed by atoms with Gasteiger partial charge in [0.05, 0.1) is 6.42 Å². The lowest BCUT2D eigenvalue weighted by atomic mass is 9.98. The molecule has 0 aromatic heterocycles. The lowest BCUT2D eigenvalue weighted by molar-refractivity contribution is -0.189. The topological polar surface area (TPSA) is 102 Å². The number of ether oxygens (including phenoxy) is 1. The highest BCUT2D eigenvalue weighted by Gasteiger charge is 2.41. The summed E-state index contributed by atoms with van der Waals surface area (Å²) in [5, 5.41) is 2.80. The maximum Gasteiger partial charge on any atom is 0.491 e. The van der Waals surface area contributed by atoms with Crippen molar-refractivity contribution >= 4 is 33.7 Å². The molecule has 0 aliphatic carbocycles. The molecule has 0 radical (unpaired) electrons. The molecule has 4 rings (SSSR count). The van der Waals surface area contributed by atoms with Crippen LogP contribution in [0.25, 0.3) is 11.1 Å². The van der Waals surface area contributed by atoms with Crippen LogP contribution >= 0.6 is 15.9 Å². The van der Waals surface area contributed by atoms with E-state index >= 15 is 0 Å². The summed E-state index contributed by atoms with van der Waals surface area (Å²) in [5.74, 6) is -2.82. The van der Waals surface area contributed by atoms with Crippen molar-refractivity contribution < 1.29 is 32.3 Å². The zero-order valence-corrected chi connectivity index (χ0v) is 25.7. The van der Waals surface area contributed by atoms with Gasteiger partial charge in [0, 0.05) is 36.2 Å². The van der Waals surface area contributed by atoms with Gasteiger partial charge in [0.2, 0.25) is 5.91 Å². The van der Waals surface area contributed by atoms with Crippen molar-refractivity contribution in [1.29, 1.82) is 0 Å². The van der Waals surface area contributed by atoms with E-state index in [1.165, 1.54) is 12.1 Å². The first-order valence-corrected chi connectivity index (χ1v) is 14.9. The van der Waals surface area contributed by atoms with E-state index in [2.05, 4.69) is 26.0 Å². The van der Waals surface area contributed by atoms with Gasteiger partial charge in [-0.2, -0.15) is 13.2 Å². The second kappa shape index (κ2) is 15.5. The molecule has 0 spiro atoms. The zero-order valence-electron chi connectivity index (χ0n) is 24.1. The van der Waals surface area contributed by atoms with Crippen LogP contribution in [0.2, 0.25) is 0 Å². The highest BCUT2D eigenvalue weighted by Crippen LogP contribution is 2.25. The van der Waals surface area contributed by atoms with Gasteiger partial charge in [-0.05, 0) is 64.6 Å². The van der Waals surface area contributed by atoms with Gasteiger partial charge in [-0.3, -0.25) is 9.59 Å². The maximum atomic E-state index is 13.5. The molecule has 0 bridgehead atoms. The fourth-order valence-corrected chi connectivity index (χ4v) is 4.82. The molecule has 2 amide bonds. The van der Waals surface area contributed by atoms with Gasteiger partial charge in [-0.25, -0.2) is 4.79 Å². The monoisotopic (exact) mass is 681 g/mol. The Morgan fingerprint density at radius 1 is 0.822 bits per heavy atom. The van der Waals surface area contributed by atoms with Crippen LogP contribution in [-0.4, -0.2) is 48.5 Å². The summed E-state index contributed by atoms with van der Waals surface area (Å²) in [4.78, 5) is 39.0. The van der Waals surface area contributed by atoms with E-state index in [1.807, 2.05) is 60.7 Å². The minimum atomic E-state index is -5.09. The smallest absolute Gasteiger partial charge is 0.420 e. The Bertz CT molecular complexity index is 1610. The molecular weight excluding hydrogens is 651 g/mol. The Kier molecular flexibility index (Phi) is 11.5. The first-order valence-electron chi connectivity index (χ1n) is 14.1. The fourth-order valence-electron chi connectivity index (χ4n) is 4.56. The van der Waals surface area contributed by atoms with Crippen LogP contribution in [0.1, 0.15) is 27.0 Å². The average molecular weight is 683 g/mol. The molecule has 0 aliphatic rings. The molecule has 4 aromatic carbocycles. The molecule has 11 heteroatoms. The van der Waals surface area contributed by atoms with E-state index < -0.39 is 12.1 Å². The summed E-state index contributed by atoms with van der Waals surface area (Å²) in [6, 6.07) is 28.1. The SMILES string of the molecule is NCCNC(=O)c1ccccc1-c1ccc(CN(CCc2ccc(OC(=O)C(F)(F)F)cc2)C(=O)Cc2ccc(Br)cc2)cc1. The fraction of sp³-hybridized carbons (Fsp3) is 0.206. The lowest BCUT2D eigenvalue weighted by Crippen LogP contribution is -2.33. The average Bonchev–Trinajstić information content (AvgIpc) is 3.03. The Balaban J connectivity index is 1.49. The number of hydrogen-bond acceptors (Lipinski definition) is 5. The Hall–Kier alpha value is -4.48. The van der Waals surface area contributed by atoms with Crippen molar-refractivity contribution in [2.45, 2.75) is 25.6 Å². The molecule has 0 saturated heterocycles. The second-order valence-electron chi connectivity index (χ2n) is 10.2. The molecule has 0 fully saturated rings. The summed E-state index contributed by atoms with van der Waals surface area (Å²) < 4.78 is 42.8. The van der Waals surface area contributed by atoms with Gasteiger partial charge in [-0.1, -0.05) is 82.7 Å². The predicted octanol–water partition coefficient (Wildman–Crippen LogP) is 6.09. The first-order chi connectivity index (χ1) is 21.5. The van der Waals surface area contributed by atoms with Crippen molar-refractivity contribution in [2.75, 3.05) is 19.6 Å². The van der Waals surface area contributed by atoms with Crippen molar-refractivity contribution in [3.8, 4) is 16.9 Å². The number of esters is 1. The van der Waals surface area contributed by atoms with Gasteiger partial charge >= 0.3 is 12.1 Å². The highest BCUT2D eigenvalue weighted by atomic mass is 79.9. The summed E-state index contributed by atoms with van der Waals surface area (Å²) in [6.45, 7) is 1.35. The maximum absolute atomic E-state index is 13.5. The normalized spacial score (nSPS) is 11.1. The van der Waals surface area contributed by atoms with Gasteiger partial charge < -0.3 is 20.7 Å². The number of carbonyl (C=O) groups is 3. The number of hydrogen-bond donors (Lipinski definition) is 2. The van der Waals surface area contributed by atoms with Crippen LogP contribution in [-0.2, 0) is 29.0 Å². The molecular formula is C34H31BrF3N3O4. The van der Waals surface area contributed by atoms with Crippen LogP contribution in [0, 0.1) is 0 Å². The standard InChI is InChI=1S/C34H31BrF3N3O4/c35-27-13-7-24(8-14-27)21-31(42)41(20-17-23-9-15-28(16-10-23)45-33(44)34(36,37)38)22-25-5-11-26(12-6-25)29-3-1-2-4-30(29)32(43)40-19-18-39/h1-16H,17-22,39H2,(H,40,43). The van der Waals surface area contributed by atoms with Crippen LogP contribution in [0.5, 0.6) is 5.75 Å². The summed E-state index contributed by atoms with van der Waals surface area (Å²) in [6.07, 6.45) is -4.49. The van der Waals surface area contributed by atoms with Gasteiger partial charge in [0.1, 0.15) is 5.75 Å². The third kappa shape index (κ3) is 9.75. The Morgan fingerprint density at radius 2 is 1.44 bits per heavy atom. The number of nitrogens with one attached hydrogen (secondary N) is 1. The highest BCUT2D eigenvalue weighted by molar-refractivity contribution is 9.10. The Labute approximate surface area is 267 Å². The third-order valence-corrected chi connectivity index (χ3v) is 7.43. The molecule has 0 unspecified atom stereocenters. The first kappa shape index (κ1) is 33.4. The van der Waals surface area contributed by atoms with Crippen LogP contribution in [0.4, 0.5) is 13.2 Å². The molecule has 4 aromatic rings. The summed E-state index contributed by atoms with van der Waals surface area (Å²) in [7, 11) is 0. The van der Waals surface area contributed by atoms with E-state index in [1.54, 1.807) is 29.2 Å². The second-order valence-corrected chi connectivity index (χ2v) is 11.1. The lowest BCUT2D eigenvalue weighted by Gasteiger charge is -2.23. The van der Waals surface area contributed by atoms with Crippen molar-refractivity contribution in [3.05, 3.63) is 124 Å². The van der Waals surface area contributed by atoms with E-state index in [4.69, 9.17) is 5.73 Å². The molecule has 0 aliphatic heterocycles. The molecule has 45 heavy (non-hydrogen) atoms. The number of rotatable bonds is 12. The molecule has 3 N–H and O–H groups in total. The van der Waals surface area contributed by atoms with E-state index in [-0.39, 0.29) is 24.0 Å². The largest absolute Gasteiger partial charge is 0.491 e. The summed E-state index contributed by atoms with van der Waals surface area (Å²) >= 11 is 3.40. The van der Waals surface area contributed by atoms with Crippen LogP contribution in [0.3, 0.4) is 0 Å². The minimum absolute atomic E-state index is 0.0981. The van der Waals surface area contributed by atoms with Gasteiger partial charge in [-0.15, -0.1) is 0 Å². The predicted molar refractivity (Wildman–Crippen MR) is 168 cm³/mol. The van der Waals surface area contributed by atoms with E-state index in [0.29, 0.717) is 38.2 Å². The molecule has 0 saturated carbocycles. The van der Waals surface area contributed by atoms with Crippen LogP contribution < -0.4 is 15.8 Å². The quantitative estimate of drug-likeness (QED) is 0.139. The number of amides is 2. The van der Waals surface area contributed by atoms with Crippen molar-refractivity contribution in [1.82, 2.24) is 10.2 Å².